The zero-order valence-corrected chi connectivity index (χ0v) is 17.4. The summed E-state index contributed by atoms with van der Waals surface area (Å²) in [6.45, 7) is 8.99. The molecular formula is C17H28ClN5O5. The third kappa shape index (κ3) is 5.55. The molecule has 2 rings (SSSR count). The molecule has 1 aliphatic rings. The molecule has 1 amide bonds. The maximum absolute atomic E-state index is 11.6. The summed E-state index contributed by atoms with van der Waals surface area (Å²) in [6.07, 6.45) is 1.64. The first-order valence-corrected chi connectivity index (χ1v) is 9.52. The van der Waals surface area contributed by atoms with Crippen LogP contribution >= 0.6 is 11.6 Å². The molecule has 1 aromatic heterocycles. The van der Waals surface area contributed by atoms with Gasteiger partial charge >= 0.3 is 17.2 Å². The fourth-order valence-corrected chi connectivity index (χ4v) is 4.00. The number of carbonyl (C=O) groups is 1. The second-order valence-corrected chi connectivity index (χ2v) is 8.92. The van der Waals surface area contributed by atoms with Gasteiger partial charge in [0.05, 0.1) is 12.1 Å². The van der Waals surface area contributed by atoms with Crippen LogP contribution in [-0.4, -0.2) is 77.4 Å². The molecule has 11 heteroatoms. The first-order valence-electron chi connectivity index (χ1n) is 9.14. The number of piperidine rings is 1. The summed E-state index contributed by atoms with van der Waals surface area (Å²) in [5, 5.41) is 31.1. The summed E-state index contributed by atoms with van der Waals surface area (Å²) in [5.74, 6) is -0.363. The van der Waals surface area contributed by atoms with Crippen LogP contribution < -0.4 is 0 Å². The lowest BCUT2D eigenvalue weighted by Gasteiger charge is -2.44. The number of hydrogen-bond donors (Lipinski definition) is 2. The van der Waals surface area contributed by atoms with Crippen LogP contribution in [0.25, 0.3) is 0 Å². The van der Waals surface area contributed by atoms with Crippen molar-refractivity contribution in [3.8, 4) is 0 Å². The standard InChI is InChI=1S/C17H28ClN5O5/c1-16(2,3)22(15(24)25)12-5-7-20(8-6-12)10-17(4,26)11-21-9-13(23(27)28)19-14(21)18/h9,12,26H,5-8,10-11H2,1-4H3,(H,24,25). The summed E-state index contributed by atoms with van der Waals surface area (Å²) in [4.78, 5) is 29.0. The summed E-state index contributed by atoms with van der Waals surface area (Å²) in [7, 11) is 0. The quantitative estimate of drug-likeness (QED) is 0.537. The lowest BCUT2D eigenvalue weighted by atomic mass is 9.96. The molecule has 1 aromatic rings. The second-order valence-electron chi connectivity index (χ2n) is 8.58. The monoisotopic (exact) mass is 417 g/mol. The topological polar surface area (TPSA) is 125 Å². The largest absolute Gasteiger partial charge is 0.465 e. The number of aliphatic hydroxyl groups is 1. The lowest BCUT2D eigenvalue weighted by Crippen LogP contribution is -2.56. The van der Waals surface area contributed by atoms with Gasteiger partial charge in [-0.2, -0.15) is 0 Å². The van der Waals surface area contributed by atoms with Crippen molar-refractivity contribution in [3.63, 3.8) is 0 Å². The van der Waals surface area contributed by atoms with E-state index in [1.165, 1.54) is 15.7 Å². The predicted octanol–water partition coefficient (Wildman–Crippen LogP) is 2.44. The van der Waals surface area contributed by atoms with Gasteiger partial charge in [0.25, 0.3) is 0 Å². The number of rotatable bonds is 6. The Morgan fingerprint density at radius 3 is 2.36 bits per heavy atom. The lowest BCUT2D eigenvalue weighted by molar-refractivity contribution is -0.389. The van der Waals surface area contributed by atoms with Crippen molar-refractivity contribution >= 4 is 23.5 Å². The Morgan fingerprint density at radius 1 is 1.36 bits per heavy atom. The number of aromatic nitrogens is 2. The van der Waals surface area contributed by atoms with Crippen molar-refractivity contribution in [2.45, 2.75) is 64.3 Å². The summed E-state index contributed by atoms with van der Waals surface area (Å²) in [6, 6.07) is -0.0653. The minimum Gasteiger partial charge on any atom is -0.465 e. The third-order valence-corrected chi connectivity index (χ3v) is 5.13. The van der Waals surface area contributed by atoms with Crippen molar-refractivity contribution in [1.82, 2.24) is 19.4 Å². The van der Waals surface area contributed by atoms with E-state index in [0.717, 1.165) is 0 Å². The van der Waals surface area contributed by atoms with E-state index in [0.29, 0.717) is 32.5 Å². The molecule has 10 nitrogen and oxygen atoms in total. The summed E-state index contributed by atoms with van der Waals surface area (Å²) >= 11 is 5.93. The van der Waals surface area contributed by atoms with Gasteiger partial charge in [-0.15, -0.1) is 0 Å². The maximum Gasteiger partial charge on any atom is 0.407 e. The number of imidazole rings is 1. The fourth-order valence-electron chi connectivity index (χ4n) is 3.80. The number of nitro groups is 1. The van der Waals surface area contributed by atoms with Crippen LogP contribution in [0.4, 0.5) is 10.6 Å². The average molecular weight is 418 g/mol. The normalized spacial score (nSPS) is 18.6. The molecule has 2 N–H and O–H groups in total. The Bertz CT molecular complexity index is 722. The zero-order chi connectivity index (χ0) is 21.3. The molecule has 1 fully saturated rings. The van der Waals surface area contributed by atoms with E-state index in [2.05, 4.69) is 9.88 Å². The van der Waals surface area contributed by atoms with Gasteiger partial charge in [-0.05, 0) is 62.0 Å². The highest BCUT2D eigenvalue weighted by Gasteiger charge is 2.36. The van der Waals surface area contributed by atoms with E-state index in [1.807, 2.05) is 20.8 Å². The molecule has 158 valence electrons. The van der Waals surface area contributed by atoms with Gasteiger partial charge in [-0.1, -0.05) is 0 Å². The maximum atomic E-state index is 11.6. The summed E-state index contributed by atoms with van der Waals surface area (Å²) < 4.78 is 1.36. The fraction of sp³-hybridized carbons (Fsp3) is 0.765. The van der Waals surface area contributed by atoms with Gasteiger partial charge in [-0.25, -0.2) is 4.79 Å². The van der Waals surface area contributed by atoms with Crippen molar-refractivity contribution in [2.75, 3.05) is 19.6 Å². The van der Waals surface area contributed by atoms with Crippen LogP contribution in [0.2, 0.25) is 5.28 Å². The molecular weight excluding hydrogens is 390 g/mol. The summed E-state index contributed by atoms with van der Waals surface area (Å²) in [5.41, 5.74) is -1.65. The molecule has 2 heterocycles. The molecule has 0 aliphatic carbocycles. The second kappa shape index (κ2) is 8.22. The number of amides is 1. The molecule has 1 unspecified atom stereocenters. The van der Waals surface area contributed by atoms with Crippen LogP contribution in [0.5, 0.6) is 0 Å². The van der Waals surface area contributed by atoms with Crippen molar-refractivity contribution in [2.24, 2.45) is 0 Å². The first-order chi connectivity index (χ1) is 12.8. The van der Waals surface area contributed by atoms with Crippen molar-refractivity contribution in [1.29, 1.82) is 0 Å². The van der Waals surface area contributed by atoms with Crippen LogP contribution in [0.3, 0.4) is 0 Å². The van der Waals surface area contributed by atoms with Gasteiger partial charge in [0.15, 0.2) is 0 Å². The molecule has 0 spiro atoms. The predicted molar refractivity (Wildman–Crippen MR) is 104 cm³/mol. The van der Waals surface area contributed by atoms with Gasteiger partial charge in [0, 0.05) is 31.2 Å². The SMILES string of the molecule is CC(O)(CN1CCC(N(C(=O)O)C(C)(C)C)CC1)Cn1cc([N+](=O)[O-])nc1Cl. The first kappa shape index (κ1) is 22.4. The van der Waals surface area contributed by atoms with Crippen LogP contribution in [-0.2, 0) is 6.54 Å². The Labute approximate surface area is 168 Å². The van der Waals surface area contributed by atoms with Crippen LogP contribution in [0, 0.1) is 10.1 Å². The van der Waals surface area contributed by atoms with Gasteiger partial charge in [0.1, 0.15) is 6.20 Å². The van der Waals surface area contributed by atoms with E-state index in [1.54, 1.807) is 6.92 Å². The Balaban J connectivity index is 1.96. The number of likely N-dealkylation sites (tertiary alicyclic amines) is 1. The highest BCUT2D eigenvalue weighted by molar-refractivity contribution is 6.28. The van der Waals surface area contributed by atoms with Gasteiger partial charge in [0.2, 0.25) is 0 Å². The van der Waals surface area contributed by atoms with E-state index in [9.17, 15) is 25.1 Å². The van der Waals surface area contributed by atoms with Crippen molar-refractivity contribution in [3.05, 3.63) is 21.6 Å². The molecule has 1 atom stereocenters. The number of halogens is 1. The van der Waals surface area contributed by atoms with E-state index >= 15 is 0 Å². The molecule has 0 bridgehead atoms. The Morgan fingerprint density at radius 2 is 1.93 bits per heavy atom. The molecule has 0 saturated carbocycles. The van der Waals surface area contributed by atoms with Crippen LogP contribution in [0.1, 0.15) is 40.5 Å². The number of carboxylic acid groups (broad SMARTS) is 1. The molecule has 0 aromatic carbocycles. The number of β-amino-alcohol motifs (C(OH)–C–C–N with tert-alkyl or cyclic N) is 1. The average Bonchev–Trinajstić information content (AvgIpc) is 2.87. The van der Waals surface area contributed by atoms with Crippen molar-refractivity contribution < 1.29 is 19.9 Å². The Hall–Kier alpha value is -1.91. The highest BCUT2D eigenvalue weighted by Crippen LogP contribution is 2.26. The smallest absolute Gasteiger partial charge is 0.407 e. The molecule has 28 heavy (non-hydrogen) atoms. The van der Waals surface area contributed by atoms with Crippen LogP contribution in [0.15, 0.2) is 6.20 Å². The van der Waals surface area contributed by atoms with E-state index in [4.69, 9.17) is 11.6 Å². The minimum absolute atomic E-state index is 0.0482. The molecule has 0 radical (unpaired) electrons. The Kier molecular flexibility index (Phi) is 6.57. The van der Waals surface area contributed by atoms with E-state index < -0.39 is 22.2 Å². The van der Waals surface area contributed by atoms with E-state index in [-0.39, 0.29) is 23.7 Å². The third-order valence-electron chi connectivity index (χ3n) is 4.83. The highest BCUT2D eigenvalue weighted by atomic mass is 35.5. The molecule has 1 saturated heterocycles. The number of hydrogen-bond acceptors (Lipinski definition) is 6. The van der Waals surface area contributed by atoms with Gasteiger partial charge < -0.3 is 30.1 Å². The number of nitrogens with zero attached hydrogens (tertiary/aromatic N) is 5. The minimum atomic E-state index is -1.18. The zero-order valence-electron chi connectivity index (χ0n) is 16.6. The molecule has 1 aliphatic heterocycles. The van der Waals surface area contributed by atoms with Gasteiger partial charge in [-0.3, -0.25) is 4.57 Å².